The quantitative estimate of drug-likeness (QED) is 0.408. The summed E-state index contributed by atoms with van der Waals surface area (Å²) in [6.07, 6.45) is 3.42. The van der Waals surface area contributed by atoms with Crippen LogP contribution < -0.4 is 10.3 Å². The smallest absolute Gasteiger partial charge is 0.272 e. The number of fused-ring (bicyclic) bond motifs is 1. The molecule has 0 unspecified atom stereocenters. The van der Waals surface area contributed by atoms with Gasteiger partial charge >= 0.3 is 0 Å². The number of phenols is 1. The molecule has 28 heavy (non-hydrogen) atoms. The summed E-state index contributed by atoms with van der Waals surface area (Å²) in [6.45, 7) is 0. The molecular formula is C21H17N4O3+. The summed E-state index contributed by atoms with van der Waals surface area (Å²) in [7, 11) is 0. The molecule has 0 amide bonds. The summed E-state index contributed by atoms with van der Waals surface area (Å²) < 4.78 is 0. The van der Waals surface area contributed by atoms with E-state index in [4.69, 9.17) is 0 Å². The maximum atomic E-state index is 11.0. The third-order valence-electron chi connectivity index (χ3n) is 4.54. The minimum Gasteiger partial charge on any atom is -0.505 e. The molecular weight excluding hydrogens is 356 g/mol. The number of nitrogens with one attached hydrogen (secondary N) is 2. The number of aromatic hydroxyl groups is 1. The second kappa shape index (κ2) is 7.32. The Morgan fingerprint density at radius 3 is 2.57 bits per heavy atom. The van der Waals surface area contributed by atoms with E-state index in [9.17, 15) is 15.2 Å². The van der Waals surface area contributed by atoms with Gasteiger partial charge < -0.3 is 5.11 Å². The highest BCUT2D eigenvalue weighted by atomic mass is 16.6. The van der Waals surface area contributed by atoms with E-state index >= 15 is 0 Å². The minimum atomic E-state index is -0.439. The molecule has 0 saturated carbocycles. The number of hydrogen-bond donors (Lipinski definition) is 2. The number of aromatic nitrogens is 2. The Hall–Kier alpha value is -4.00. The van der Waals surface area contributed by atoms with Crippen molar-refractivity contribution in [3.05, 3.63) is 100 Å². The number of anilines is 1. The average Bonchev–Trinajstić information content (AvgIpc) is 2.74. The first-order valence-corrected chi connectivity index (χ1v) is 8.67. The van der Waals surface area contributed by atoms with E-state index in [0.29, 0.717) is 11.1 Å². The second-order valence-corrected chi connectivity index (χ2v) is 6.28. The zero-order chi connectivity index (χ0) is 19.5. The summed E-state index contributed by atoms with van der Waals surface area (Å²) in [4.78, 5) is 17.9. The number of H-pyrrole nitrogens is 1. The number of phenolic OH excluding ortho intramolecular Hbond substituents is 1. The maximum absolute atomic E-state index is 11.0. The van der Waals surface area contributed by atoms with Crippen LogP contribution in [0.15, 0.2) is 79.1 Å². The molecule has 0 saturated heterocycles. The predicted molar refractivity (Wildman–Crippen MR) is 105 cm³/mol. The van der Waals surface area contributed by atoms with Gasteiger partial charge in [-0.25, -0.2) is 4.98 Å². The van der Waals surface area contributed by atoms with E-state index in [1.165, 1.54) is 12.1 Å². The van der Waals surface area contributed by atoms with Gasteiger partial charge in [0.2, 0.25) is 0 Å². The van der Waals surface area contributed by atoms with Gasteiger partial charge in [0.1, 0.15) is 17.3 Å². The highest BCUT2D eigenvalue weighted by molar-refractivity contribution is 5.86. The molecule has 4 rings (SSSR count). The Morgan fingerprint density at radius 1 is 1.04 bits per heavy atom. The number of nitrogens with zero attached hydrogens (tertiary/aromatic N) is 2. The van der Waals surface area contributed by atoms with Crippen molar-refractivity contribution >= 4 is 22.4 Å². The van der Waals surface area contributed by atoms with E-state index in [1.807, 2.05) is 42.5 Å². The molecule has 0 aliphatic rings. The van der Waals surface area contributed by atoms with Gasteiger partial charge in [0.05, 0.1) is 11.1 Å². The Kier molecular flexibility index (Phi) is 4.55. The number of hydrogen-bond acceptors (Lipinski definition) is 5. The average molecular weight is 373 g/mol. The van der Waals surface area contributed by atoms with Gasteiger partial charge in [-0.05, 0) is 30.3 Å². The number of pyridine rings is 2. The van der Waals surface area contributed by atoms with Crippen LogP contribution in [0.1, 0.15) is 17.2 Å². The number of rotatable bonds is 5. The number of nitro groups is 1. The summed E-state index contributed by atoms with van der Waals surface area (Å²) in [5.74, 6) is 0.816. The second-order valence-electron chi connectivity index (χ2n) is 6.28. The molecule has 2 aromatic heterocycles. The van der Waals surface area contributed by atoms with Crippen LogP contribution in [0.2, 0.25) is 0 Å². The van der Waals surface area contributed by atoms with E-state index in [0.717, 1.165) is 16.8 Å². The topological polar surface area (TPSA) is 102 Å². The lowest BCUT2D eigenvalue weighted by atomic mass is 9.96. The normalized spacial score (nSPS) is 11.9. The van der Waals surface area contributed by atoms with Crippen LogP contribution in [0.5, 0.6) is 5.75 Å². The molecule has 1 atom stereocenters. The van der Waals surface area contributed by atoms with E-state index in [2.05, 4.69) is 15.3 Å². The summed E-state index contributed by atoms with van der Waals surface area (Å²) in [5.41, 5.74) is 1.91. The monoisotopic (exact) mass is 373 g/mol. The molecule has 0 aliphatic carbocycles. The summed E-state index contributed by atoms with van der Waals surface area (Å²) in [5, 5.41) is 26.0. The van der Waals surface area contributed by atoms with Crippen molar-refractivity contribution in [3.8, 4) is 5.75 Å². The largest absolute Gasteiger partial charge is 0.505 e. The Bertz CT molecular complexity index is 1130. The summed E-state index contributed by atoms with van der Waals surface area (Å²) in [6, 6.07) is 18.9. The van der Waals surface area contributed by atoms with Gasteiger partial charge in [0.15, 0.2) is 0 Å². The van der Waals surface area contributed by atoms with Gasteiger partial charge in [-0.15, -0.1) is 0 Å². The number of benzene rings is 2. The molecule has 7 heteroatoms. The van der Waals surface area contributed by atoms with E-state index in [1.54, 1.807) is 24.5 Å². The fourth-order valence-corrected chi connectivity index (χ4v) is 3.15. The highest BCUT2D eigenvalue weighted by Gasteiger charge is 2.24. The van der Waals surface area contributed by atoms with Crippen LogP contribution in [-0.2, 0) is 0 Å². The summed E-state index contributed by atoms with van der Waals surface area (Å²) >= 11 is 0. The molecule has 2 aromatic carbocycles. The molecule has 0 aliphatic heterocycles. The van der Waals surface area contributed by atoms with Gasteiger partial charge in [0.25, 0.3) is 11.5 Å². The van der Waals surface area contributed by atoms with Gasteiger partial charge in [-0.3, -0.25) is 20.4 Å². The van der Waals surface area contributed by atoms with Crippen LogP contribution >= 0.6 is 0 Å². The van der Waals surface area contributed by atoms with Crippen molar-refractivity contribution in [1.29, 1.82) is 0 Å². The van der Waals surface area contributed by atoms with Crippen LogP contribution in [-0.4, -0.2) is 15.0 Å². The van der Waals surface area contributed by atoms with Gasteiger partial charge in [-0.2, -0.15) is 0 Å². The zero-order valence-corrected chi connectivity index (χ0v) is 14.7. The third kappa shape index (κ3) is 3.33. The maximum Gasteiger partial charge on any atom is 0.272 e. The number of nitro benzene ring substituents is 1. The van der Waals surface area contributed by atoms with Crippen molar-refractivity contribution in [2.45, 2.75) is 6.04 Å². The molecule has 3 N–H and O–H groups in total. The fraction of sp³-hybridized carbons (Fsp3) is 0.0476. The molecule has 7 nitrogen and oxygen atoms in total. The Labute approximate surface area is 160 Å². The van der Waals surface area contributed by atoms with Crippen molar-refractivity contribution in [1.82, 2.24) is 4.98 Å². The lowest BCUT2D eigenvalue weighted by molar-refractivity contribution is -0.384. The molecule has 0 fully saturated rings. The standard InChI is InChI=1S/C21H16N4O3/c26-21-17(11-8-14-4-3-13-23-20(14)21)19(24-18-5-1-2-12-22-18)15-6-9-16(10-7-15)25(27)28/h1-13,19,26H,(H,22,24)/p+1/t19-/m0/s1. The van der Waals surface area contributed by atoms with E-state index < -0.39 is 11.0 Å². The van der Waals surface area contributed by atoms with Crippen LogP contribution in [0.4, 0.5) is 11.5 Å². The van der Waals surface area contributed by atoms with E-state index in [-0.39, 0.29) is 11.4 Å². The SMILES string of the molecule is O=[N+]([O-])c1ccc([C@H](Nc2cccc[nH+]2)c2ccc3cccnc3c2O)cc1. The molecule has 0 bridgehead atoms. The van der Waals surface area contributed by atoms with Crippen molar-refractivity contribution in [3.63, 3.8) is 0 Å². The first-order valence-electron chi connectivity index (χ1n) is 8.67. The number of non-ortho nitro benzene ring substituents is 1. The molecule has 2 heterocycles. The fourth-order valence-electron chi connectivity index (χ4n) is 3.15. The van der Waals surface area contributed by atoms with Crippen LogP contribution in [0.3, 0.4) is 0 Å². The van der Waals surface area contributed by atoms with Gasteiger partial charge in [-0.1, -0.05) is 18.2 Å². The Balaban J connectivity index is 1.83. The zero-order valence-electron chi connectivity index (χ0n) is 14.7. The molecule has 138 valence electrons. The molecule has 0 radical (unpaired) electrons. The predicted octanol–water partition coefficient (Wildman–Crippen LogP) is 3.86. The van der Waals surface area contributed by atoms with Crippen molar-refractivity contribution in [2.75, 3.05) is 5.32 Å². The van der Waals surface area contributed by atoms with Crippen LogP contribution in [0, 0.1) is 10.1 Å². The number of aromatic amines is 1. The lowest BCUT2D eigenvalue weighted by Gasteiger charge is -2.17. The van der Waals surface area contributed by atoms with Crippen LogP contribution in [0.25, 0.3) is 10.9 Å². The minimum absolute atomic E-state index is 0.0122. The van der Waals surface area contributed by atoms with Gasteiger partial charge in [0, 0.05) is 40.9 Å². The molecule has 0 spiro atoms. The lowest BCUT2D eigenvalue weighted by Crippen LogP contribution is -2.19. The Morgan fingerprint density at radius 2 is 1.86 bits per heavy atom. The molecule has 4 aromatic rings. The highest BCUT2D eigenvalue weighted by Crippen LogP contribution is 2.36. The van der Waals surface area contributed by atoms with Crippen molar-refractivity contribution in [2.24, 2.45) is 0 Å². The first kappa shape index (κ1) is 17.4. The first-order chi connectivity index (χ1) is 13.6. The van der Waals surface area contributed by atoms with Crippen molar-refractivity contribution < 1.29 is 15.0 Å². The third-order valence-corrected chi connectivity index (χ3v) is 4.54.